The van der Waals surface area contributed by atoms with Crippen LogP contribution in [0.15, 0.2) is 43.5 Å². The topological polar surface area (TPSA) is 91.2 Å². The number of sulfonamides is 2. The van der Waals surface area contributed by atoms with Crippen molar-refractivity contribution < 1.29 is 47.7 Å². The summed E-state index contributed by atoms with van der Waals surface area (Å²) in [5, 5.41) is 0. The Kier molecular flexibility index (Phi) is 11.0. The number of nitrogens with zero attached hydrogens (tertiary/aromatic N) is 3. The molecule has 1 aromatic heterocycles. The van der Waals surface area contributed by atoms with Crippen LogP contribution in [0, 0.1) is 11.8 Å². The van der Waals surface area contributed by atoms with Gasteiger partial charge in [0.2, 0.25) is 6.33 Å². The van der Waals surface area contributed by atoms with E-state index in [2.05, 4.69) is 69.6 Å². The number of hydrogen-bond donors (Lipinski definition) is 0. The lowest BCUT2D eigenvalue weighted by molar-refractivity contribution is -0.687. The van der Waals surface area contributed by atoms with Crippen LogP contribution in [0.1, 0.15) is 44.4 Å². The molecule has 0 aliphatic rings. The van der Waals surface area contributed by atoms with Crippen molar-refractivity contribution in [1.82, 2.24) is 4.57 Å². The van der Waals surface area contributed by atoms with Crippen LogP contribution in [0.5, 0.6) is 0 Å². The zero-order valence-corrected chi connectivity index (χ0v) is 22.2. The van der Waals surface area contributed by atoms with Crippen LogP contribution in [-0.2, 0) is 39.4 Å². The van der Waals surface area contributed by atoms with E-state index in [-0.39, 0.29) is 0 Å². The normalized spacial score (nSPS) is 13.0. The molecule has 0 aliphatic heterocycles. The molecular weight excluding hydrogens is 548 g/mol. The zero-order chi connectivity index (χ0) is 28.8. The van der Waals surface area contributed by atoms with E-state index in [0.717, 1.165) is 23.5 Å². The van der Waals surface area contributed by atoms with Crippen LogP contribution < -0.4 is 4.57 Å². The van der Waals surface area contributed by atoms with E-state index < -0.39 is 31.1 Å². The second-order valence-electron chi connectivity index (χ2n) is 8.99. The molecule has 0 N–H and O–H groups in total. The van der Waals surface area contributed by atoms with Crippen LogP contribution in [-0.4, -0.2) is 32.4 Å². The monoisotopic (exact) mass is 577 g/mol. The summed E-state index contributed by atoms with van der Waals surface area (Å²) in [6.07, 6.45) is 10.3. The highest BCUT2D eigenvalue weighted by Gasteiger charge is 2.46. The van der Waals surface area contributed by atoms with Crippen molar-refractivity contribution >= 4 is 26.2 Å². The van der Waals surface area contributed by atoms with Gasteiger partial charge in [0, 0.05) is 0 Å². The van der Waals surface area contributed by atoms with Gasteiger partial charge in [0.15, 0.2) is 20.0 Å². The van der Waals surface area contributed by atoms with Gasteiger partial charge in [-0.25, -0.2) is 26.0 Å². The molecule has 1 heterocycles. The van der Waals surface area contributed by atoms with Gasteiger partial charge < -0.3 is 4.13 Å². The minimum absolute atomic E-state index is 0.691. The third-order valence-electron chi connectivity index (χ3n) is 4.47. The highest BCUT2D eigenvalue weighted by molar-refractivity contribution is 8.13. The van der Waals surface area contributed by atoms with E-state index >= 15 is 0 Å². The number of aromatic nitrogens is 2. The maximum Gasteiger partial charge on any atom is 0.480 e. The van der Waals surface area contributed by atoms with Gasteiger partial charge in [0.1, 0.15) is 18.9 Å². The van der Waals surface area contributed by atoms with E-state index in [1.54, 1.807) is 0 Å². The molecule has 0 radical (unpaired) electrons. The smallest absolute Gasteiger partial charge is 0.421 e. The van der Waals surface area contributed by atoms with Gasteiger partial charge in [-0.05, 0) is 41.4 Å². The molecule has 0 spiro atoms. The molecule has 0 fully saturated rings. The molecule has 0 saturated heterocycles. The summed E-state index contributed by atoms with van der Waals surface area (Å²) in [5.74, 6) is 1.38. The fourth-order valence-electron chi connectivity index (χ4n) is 3.15. The quantitative estimate of drug-likeness (QED) is 0.296. The number of alkyl halides is 6. The Balaban J connectivity index is 0.000000401. The van der Waals surface area contributed by atoms with E-state index in [1.165, 1.54) is 16.7 Å². The standard InChI is InChI=1S/C20H29N2.C2F6NO4S2/c1-6-21-7-8-22(15-21)14-20-12-18(9-16(2)3)11-19(13-20)10-17(4)5;3-1(4,5)14(10,11)9-15(12,13)2(6,7)8/h6-8,11-13,15-17H,1,9-10,14H2,2-5H3;/q+1;-1. The van der Waals surface area contributed by atoms with Crippen LogP contribution in [0.4, 0.5) is 26.3 Å². The Morgan fingerprint density at radius 1 is 0.865 bits per heavy atom. The summed E-state index contributed by atoms with van der Waals surface area (Å²) >= 11 is 0. The van der Waals surface area contributed by atoms with Crippen molar-refractivity contribution in [3.8, 4) is 0 Å². The largest absolute Gasteiger partial charge is 0.480 e. The second-order valence-corrected chi connectivity index (χ2v) is 12.4. The number of rotatable bonds is 9. The molecule has 2 aromatic rings. The molecule has 0 aliphatic carbocycles. The molecule has 1 aromatic carbocycles. The van der Waals surface area contributed by atoms with E-state index in [4.69, 9.17) is 0 Å². The van der Waals surface area contributed by atoms with E-state index in [9.17, 15) is 43.2 Å². The first-order chi connectivity index (χ1) is 16.7. The molecule has 0 amide bonds. The van der Waals surface area contributed by atoms with Gasteiger partial charge in [-0.1, -0.05) is 52.5 Å². The van der Waals surface area contributed by atoms with Crippen LogP contribution >= 0.6 is 0 Å². The fourth-order valence-corrected chi connectivity index (χ4v) is 4.86. The van der Waals surface area contributed by atoms with Crippen molar-refractivity contribution in [2.75, 3.05) is 0 Å². The van der Waals surface area contributed by atoms with Crippen LogP contribution in [0.3, 0.4) is 0 Å². The minimum atomic E-state index is -6.72. The van der Waals surface area contributed by atoms with Gasteiger partial charge >= 0.3 is 11.0 Å². The first kappa shape index (κ1) is 32.6. The molecule has 0 bridgehead atoms. The predicted octanol–water partition coefficient (Wildman–Crippen LogP) is 5.38. The lowest BCUT2D eigenvalue weighted by Crippen LogP contribution is -2.31. The molecule has 15 heteroatoms. The molecule has 0 atom stereocenters. The summed E-state index contributed by atoms with van der Waals surface area (Å²) in [7, 11) is -13.4. The van der Waals surface area contributed by atoms with E-state index in [1.807, 2.05) is 17.0 Å². The lowest BCUT2D eigenvalue weighted by atomic mass is 9.94. The molecule has 7 nitrogen and oxygen atoms in total. The van der Waals surface area contributed by atoms with Gasteiger partial charge in [-0.2, -0.15) is 26.3 Å². The summed E-state index contributed by atoms with van der Waals surface area (Å²) in [4.78, 5) is 0. The molecule has 0 saturated carbocycles. The Labute approximate surface area is 212 Å². The molecular formula is C22H29F6N3O4S2. The summed E-state index contributed by atoms with van der Waals surface area (Å²) in [5.41, 5.74) is -8.09. The summed E-state index contributed by atoms with van der Waals surface area (Å²) < 4.78 is 113. The third kappa shape index (κ3) is 10.5. The van der Waals surface area contributed by atoms with Crippen molar-refractivity contribution in [2.24, 2.45) is 11.8 Å². The second kappa shape index (κ2) is 12.4. The maximum atomic E-state index is 11.4. The van der Waals surface area contributed by atoms with Gasteiger partial charge in [0.25, 0.3) is 0 Å². The Morgan fingerprint density at radius 2 is 1.27 bits per heavy atom. The average molecular weight is 578 g/mol. The van der Waals surface area contributed by atoms with Gasteiger partial charge in [-0.15, -0.1) is 0 Å². The fraction of sp³-hybridized carbons (Fsp3) is 0.500. The Hall–Kier alpha value is -2.39. The van der Waals surface area contributed by atoms with Crippen molar-refractivity contribution in [3.05, 3.63) is 64.3 Å². The number of imidazole rings is 1. The number of halogens is 6. The highest BCUT2D eigenvalue weighted by Crippen LogP contribution is 2.36. The Morgan fingerprint density at radius 3 is 1.59 bits per heavy atom. The molecule has 0 unspecified atom stereocenters. The molecule has 37 heavy (non-hydrogen) atoms. The summed E-state index contributed by atoms with van der Waals surface area (Å²) in [6, 6.07) is 7.12. The minimum Gasteiger partial charge on any atom is -0.421 e. The number of hydrogen-bond acceptors (Lipinski definition) is 4. The zero-order valence-electron chi connectivity index (χ0n) is 20.6. The van der Waals surface area contributed by atoms with Crippen molar-refractivity contribution in [1.29, 1.82) is 0 Å². The van der Waals surface area contributed by atoms with Crippen molar-refractivity contribution in [2.45, 2.75) is 58.1 Å². The van der Waals surface area contributed by atoms with Crippen LogP contribution in [0.2, 0.25) is 0 Å². The lowest BCUT2D eigenvalue weighted by Gasteiger charge is -2.22. The number of benzene rings is 1. The molecule has 2 rings (SSSR count). The summed E-state index contributed by atoms with van der Waals surface area (Å²) in [6.45, 7) is 13.9. The first-order valence-corrected chi connectivity index (χ1v) is 13.7. The SMILES string of the molecule is C=Cn1cc[n+](Cc2cc(CC(C)C)cc(CC(C)C)c2)c1.O=S(=O)([N-]S(=O)(=O)C(F)(F)F)C(F)(F)F. The highest BCUT2D eigenvalue weighted by atomic mass is 32.3. The molecule has 210 valence electrons. The van der Waals surface area contributed by atoms with Gasteiger partial charge in [0.05, 0.1) is 6.20 Å². The Bertz CT molecular complexity index is 1200. The van der Waals surface area contributed by atoms with Crippen LogP contribution in [0.25, 0.3) is 10.3 Å². The average Bonchev–Trinajstić information content (AvgIpc) is 3.12. The van der Waals surface area contributed by atoms with E-state index in [0.29, 0.717) is 11.8 Å². The maximum absolute atomic E-state index is 11.4. The first-order valence-electron chi connectivity index (χ1n) is 10.8. The van der Waals surface area contributed by atoms with Crippen molar-refractivity contribution in [3.63, 3.8) is 0 Å². The van der Waals surface area contributed by atoms with Gasteiger partial charge in [-0.3, -0.25) is 0 Å². The third-order valence-corrected chi connectivity index (χ3v) is 7.21. The predicted molar refractivity (Wildman–Crippen MR) is 127 cm³/mol.